The molecule has 0 atom stereocenters. The van der Waals surface area contributed by atoms with Crippen LogP contribution in [-0.2, 0) is 4.74 Å². The first kappa shape index (κ1) is 17.6. The van der Waals surface area contributed by atoms with Gasteiger partial charge in [0.25, 0.3) is 5.91 Å². The molecule has 1 amide bonds. The molecule has 0 saturated carbocycles. The van der Waals surface area contributed by atoms with E-state index in [9.17, 15) is 9.59 Å². The number of nitrogens with zero attached hydrogens (tertiary/aromatic N) is 3. The Morgan fingerprint density at radius 2 is 2.13 bits per heavy atom. The molecule has 0 unspecified atom stereocenters. The number of anilines is 2. The Balaban J connectivity index is 1.99. The molecule has 0 spiro atoms. The van der Waals surface area contributed by atoms with Crippen molar-refractivity contribution < 1.29 is 23.2 Å². The van der Waals surface area contributed by atoms with Gasteiger partial charge in [-0.3, -0.25) is 4.79 Å². The highest BCUT2D eigenvalue weighted by Gasteiger charge is 2.20. The second-order valence-corrected chi connectivity index (χ2v) is 7.06. The van der Waals surface area contributed by atoms with Crippen molar-refractivity contribution in [1.29, 1.82) is 0 Å². The van der Waals surface area contributed by atoms with Crippen LogP contribution in [0.15, 0.2) is 30.5 Å². The number of esters is 1. The number of rotatable bonds is 7. The second kappa shape index (κ2) is 9.51. The number of halogens is 1. The van der Waals surface area contributed by atoms with Crippen molar-refractivity contribution >= 4 is 46.2 Å². The molecule has 11 heteroatoms. The lowest BCUT2D eigenvalue weighted by molar-refractivity contribution is 0.0531. The van der Waals surface area contributed by atoms with Crippen LogP contribution >= 0.6 is 22.9 Å². The van der Waals surface area contributed by atoms with Gasteiger partial charge >= 0.3 is 5.97 Å². The number of hydrogen-bond acceptors (Lipinski definition) is 9. The fourth-order valence-corrected chi connectivity index (χ4v) is 3.53. The molecule has 0 fully saturated rings. The zero-order valence-electron chi connectivity index (χ0n) is 18.9. The molecule has 0 radical (unpaired) electrons. The monoisotopic (exact) mass is 450 g/mol. The van der Waals surface area contributed by atoms with Gasteiger partial charge in [0.15, 0.2) is 16.6 Å². The summed E-state index contributed by atoms with van der Waals surface area (Å²) < 4.78 is 32.3. The number of methoxy groups -OCH3 is 1. The van der Waals surface area contributed by atoms with Crippen molar-refractivity contribution in [2.75, 3.05) is 26.0 Å². The fraction of sp³-hybridized carbons (Fsp3) is 0.211. The lowest BCUT2D eigenvalue weighted by Gasteiger charge is -2.15. The number of ether oxygens (including phenoxy) is 2. The topological polar surface area (TPSA) is 115 Å². The van der Waals surface area contributed by atoms with Gasteiger partial charge in [-0.25, -0.2) is 9.78 Å². The SMILES string of the molecule is [2H]C([2H])([2H])NC(=O)c1nnc(Cl)cc1Nc1cccc(-c2ncc(C(=O)OCC)s2)c1OC. The van der Waals surface area contributed by atoms with Crippen LogP contribution in [0.1, 0.15) is 31.2 Å². The predicted octanol–water partition coefficient (Wildman–Crippen LogP) is 3.54. The third-order valence-electron chi connectivity index (χ3n) is 3.79. The van der Waals surface area contributed by atoms with E-state index in [1.807, 2.05) is 5.32 Å². The van der Waals surface area contributed by atoms with Crippen molar-refractivity contribution in [3.63, 3.8) is 0 Å². The Morgan fingerprint density at radius 3 is 2.87 bits per heavy atom. The van der Waals surface area contributed by atoms with Gasteiger partial charge in [-0.05, 0) is 19.1 Å². The molecule has 0 aliphatic rings. The van der Waals surface area contributed by atoms with E-state index in [-0.39, 0.29) is 23.1 Å². The molecule has 0 aliphatic carbocycles. The van der Waals surface area contributed by atoms with E-state index >= 15 is 0 Å². The number of thiazole rings is 1. The highest BCUT2D eigenvalue weighted by molar-refractivity contribution is 7.16. The number of benzene rings is 1. The third-order valence-corrected chi connectivity index (χ3v) is 4.99. The van der Waals surface area contributed by atoms with E-state index in [1.165, 1.54) is 19.4 Å². The minimum Gasteiger partial charge on any atom is -0.494 e. The zero-order valence-corrected chi connectivity index (χ0v) is 17.4. The largest absolute Gasteiger partial charge is 0.494 e. The molecular weight excluding hydrogens is 430 g/mol. The van der Waals surface area contributed by atoms with E-state index in [2.05, 4.69) is 20.5 Å². The van der Waals surface area contributed by atoms with Gasteiger partial charge < -0.3 is 20.1 Å². The van der Waals surface area contributed by atoms with Crippen LogP contribution in [0, 0.1) is 0 Å². The summed E-state index contributed by atoms with van der Waals surface area (Å²) in [5.41, 5.74) is 0.819. The quantitative estimate of drug-likeness (QED) is 0.525. The van der Waals surface area contributed by atoms with Crippen LogP contribution in [0.2, 0.25) is 5.15 Å². The first-order valence-electron chi connectivity index (χ1n) is 10.1. The van der Waals surface area contributed by atoms with Crippen molar-refractivity contribution in [1.82, 2.24) is 20.5 Å². The smallest absolute Gasteiger partial charge is 0.349 e. The summed E-state index contributed by atoms with van der Waals surface area (Å²) in [6.07, 6.45) is 1.42. The molecule has 156 valence electrons. The summed E-state index contributed by atoms with van der Waals surface area (Å²) >= 11 is 7.07. The molecule has 2 aromatic heterocycles. The zero-order chi connectivity index (χ0) is 24.2. The summed E-state index contributed by atoms with van der Waals surface area (Å²) in [5.74, 6) is -1.08. The maximum atomic E-state index is 12.4. The number of para-hydroxylation sites is 1. The van der Waals surface area contributed by atoms with E-state index < -0.39 is 18.9 Å². The Hall–Kier alpha value is -3.24. The van der Waals surface area contributed by atoms with Gasteiger partial charge in [0.05, 0.1) is 36.9 Å². The Bertz CT molecular complexity index is 1190. The number of hydrogen-bond donors (Lipinski definition) is 2. The van der Waals surface area contributed by atoms with E-state index in [4.69, 9.17) is 25.2 Å². The maximum Gasteiger partial charge on any atom is 0.349 e. The standard InChI is InChI=1S/C19H18ClN5O4S/c1-4-29-19(27)13-9-22-18(30-13)10-6-5-7-11(16(10)28-3)23-12-8-14(20)24-25-15(12)17(26)21-2/h5-9H,4H2,1-3H3,(H,21,26)(H,23,24)/i2D3. The van der Waals surface area contributed by atoms with Crippen molar-refractivity contribution in [3.8, 4) is 16.3 Å². The number of aromatic nitrogens is 3. The molecule has 0 saturated heterocycles. The van der Waals surface area contributed by atoms with E-state index in [0.29, 0.717) is 26.9 Å². The molecule has 1 aromatic carbocycles. The number of nitrogens with one attached hydrogen (secondary N) is 2. The van der Waals surface area contributed by atoms with Gasteiger partial charge in [-0.2, -0.15) is 0 Å². The molecule has 0 aliphatic heterocycles. The summed E-state index contributed by atoms with van der Waals surface area (Å²) in [7, 11) is 1.45. The van der Waals surface area contributed by atoms with Gasteiger partial charge in [0, 0.05) is 17.2 Å². The predicted molar refractivity (Wildman–Crippen MR) is 114 cm³/mol. The minimum absolute atomic E-state index is 0.0166. The molecule has 2 heterocycles. The molecule has 2 N–H and O–H groups in total. The van der Waals surface area contributed by atoms with Crippen LogP contribution in [-0.4, -0.2) is 47.8 Å². The molecule has 0 bridgehead atoms. The number of carbonyl (C=O) groups excluding carboxylic acids is 2. The van der Waals surface area contributed by atoms with Crippen LogP contribution in [0.4, 0.5) is 11.4 Å². The van der Waals surface area contributed by atoms with Crippen LogP contribution in [0.5, 0.6) is 5.75 Å². The van der Waals surface area contributed by atoms with Crippen molar-refractivity contribution in [3.05, 3.63) is 46.2 Å². The van der Waals surface area contributed by atoms with Crippen LogP contribution in [0.3, 0.4) is 0 Å². The van der Waals surface area contributed by atoms with Crippen molar-refractivity contribution in [2.45, 2.75) is 6.92 Å². The van der Waals surface area contributed by atoms with Gasteiger partial charge in [0.2, 0.25) is 0 Å². The minimum atomic E-state index is -2.71. The molecule has 3 aromatic rings. The number of amides is 1. The highest BCUT2D eigenvalue weighted by atomic mass is 35.5. The first-order chi connectivity index (χ1) is 15.6. The van der Waals surface area contributed by atoms with E-state index in [1.54, 1.807) is 25.1 Å². The van der Waals surface area contributed by atoms with Gasteiger partial charge in [0.1, 0.15) is 9.88 Å². The lowest BCUT2D eigenvalue weighted by Crippen LogP contribution is -2.21. The normalized spacial score (nSPS) is 12.3. The summed E-state index contributed by atoms with van der Waals surface area (Å²) in [6.45, 7) is -0.755. The average Bonchev–Trinajstić information content (AvgIpc) is 3.23. The number of carbonyl (C=O) groups is 2. The highest BCUT2D eigenvalue weighted by Crippen LogP contribution is 2.39. The van der Waals surface area contributed by atoms with Gasteiger partial charge in [-0.1, -0.05) is 17.7 Å². The Kier molecular flexibility index (Phi) is 5.58. The van der Waals surface area contributed by atoms with Crippen LogP contribution in [0.25, 0.3) is 10.6 Å². The maximum absolute atomic E-state index is 12.4. The Labute approximate surface area is 185 Å². The summed E-state index contributed by atoms with van der Waals surface area (Å²) in [4.78, 5) is 29.0. The summed E-state index contributed by atoms with van der Waals surface area (Å²) in [5, 5.41) is 12.7. The van der Waals surface area contributed by atoms with Crippen LogP contribution < -0.4 is 15.4 Å². The molecule has 9 nitrogen and oxygen atoms in total. The molecule has 30 heavy (non-hydrogen) atoms. The lowest BCUT2D eigenvalue weighted by atomic mass is 10.1. The van der Waals surface area contributed by atoms with Crippen molar-refractivity contribution in [2.24, 2.45) is 0 Å². The molecule has 3 rings (SSSR count). The fourth-order valence-electron chi connectivity index (χ4n) is 2.55. The summed E-state index contributed by atoms with van der Waals surface area (Å²) in [6, 6.07) is 6.46. The third kappa shape index (κ3) is 4.50. The first-order valence-corrected chi connectivity index (χ1v) is 9.75. The Morgan fingerprint density at radius 1 is 1.30 bits per heavy atom. The van der Waals surface area contributed by atoms with Gasteiger partial charge in [-0.15, -0.1) is 21.5 Å². The second-order valence-electron chi connectivity index (χ2n) is 5.64. The molecular formula is C19H18ClN5O4S. The van der Waals surface area contributed by atoms with E-state index in [0.717, 1.165) is 11.3 Å². The average molecular weight is 451 g/mol.